The topological polar surface area (TPSA) is 30.5 Å². The van der Waals surface area contributed by atoms with E-state index in [4.69, 9.17) is 9.47 Å². The first-order chi connectivity index (χ1) is 9.71. The van der Waals surface area contributed by atoms with Gasteiger partial charge in [-0.3, -0.25) is 0 Å². The maximum Gasteiger partial charge on any atom is 0.121 e. The summed E-state index contributed by atoms with van der Waals surface area (Å²) in [6, 6.07) is 12.9. The Hall–Kier alpha value is -2.16. The van der Waals surface area contributed by atoms with Crippen molar-refractivity contribution in [2.24, 2.45) is 0 Å². The lowest BCUT2D eigenvalue weighted by Crippen LogP contribution is -2.06. The molecule has 1 unspecified atom stereocenters. The van der Waals surface area contributed by atoms with Gasteiger partial charge in [0.15, 0.2) is 0 Å². The van der Waals surface area contributed by atoms with Crippen LogP contribution < -0.4 is 14.8 Å². The van der Waals surface area contributed by atoms with Gasteiger partial charge in [0.1, 0.15) is 11.5 Å². The molecule has 1 aliphatic rings. The second kappa shape index (κ2) is 5.08. The van der Waals surface area contributed by atoms with Gasteiger partial charge in [-0.05, 0) is 54.3 Å². The van der Waals surface area contributed by atoms with E-state index in [1.54, 1.807) is 14.2 Å². The predicted octanol–water partition coefficient (Wildman–Crippen LogP) is 3.72. The van der Waals surface area contributed by atoms with Gasteiger partial charge in [-0.15, -0.1) is 0 Å². The Bertz CT molecular complexity index is 637. The van der Waals surface area contributed by atoms with Crippen LogP contribution in [0.25, 0.3) is 0 Å². The lowest BCUT2D eigenvalue weighted by atomic mass is 10.0. The summed E-state index contributed by atoms with van der Waals surface area (Å²) in [7, 11) is 3.41. The minimum Gasteiger partial charge on any atom is -0.497 e. The molecule has 0 spiro atoms. The lowest BCUT2D eigenvalue weighted by molar-refractivity contribution is 0.411. The minimum atomic E-state index is 0.321. The van der Waals surface area contributed by atoms with Crippen LogP contribution in [0.5, 0.6) is 11.5 Å². The first kappa shape index (κ1) is 12.9. The van der Waals surface area contributed by atoms with Crippen molar-refractivity contribution < 1.29 is 9.47 Å². The third-order valence-corrected chi connectivity index (χ3v) is 3.89. The number of ether oxygens (including phenoxy) is 2. The maximum absolute atomic E-state index is 5.32. The Balaban J connectivity index is 1.86. The molecule has 3 heteroatoms. The Labute approximate surface area is 119 Å². The highest BCUT2D eigenvalue weighted by molar-refractivity contribution is 5.60. The number of hydrogen-bond donors (Lipinski definition) is 1. The molecule has 0 bridgehead atoms. The van der Waals surface area contributed by atoms with Crippen LogP contribution in [-0.2, 0) is 6.42 Å². The molecule has 0 radical (unpaired) electrons. The third-order valence-electron chi connectivity index (χ3n) is 3.89. The van der Waals surface area contributed by atoms with Gasteiger partial charge in [0.25, 0.3) is 0 Å². The van der Waals surface area contributed by atoms with Gasteiger partial charge in [-0.1, -0.05) is 12.1 Å². The zero-order chi connectivity index (χ0) is 14.1. The van der Waals surface area contributed by atoms with Gasteiger partial charge in [-0.2, -0.15) is 0 Å². The van der Waals surface area contributed by atoms with Crippen LogP contribution in [-0.4, -0.2) is 14.2 Å². The molecular formula is C17H19NO2. The quantitative estimate of drug-likeness (QED) is 0.921. The van der Waals surface area contributed by atoms with Crippen LogP contribution in [0.3, 0.4) is 0 Å². The van der Waals surface area contributed by atoms with Crippen molar-refractivity contribution in [3.05, 3.63) is 53.1 Å². The van der Waals surface area contributed by atoms with Crippen molar-refractivity contribution in [2.45, 2.75) is 19.4 Å². The van der Waals surface area contributed by atoms with E-state index in [9.17, 15) is 0 Å². The molecular weight excluding hydrogens is 250 g/mol. The summed E-state index contributed by atoms with van der Waals surface area (Å²) in [4.78, 5) is 0. The summed E-state index contributed by atoms with van der Waals surface area (Å²) >= 11 is 0. The number of rotatable bonds is 3. The largest absolute Gasteiger partial charge is 0.497 e. The van der Waals surface area contributed by atoms with E-state index < -0.39 is 0 Å². The molecule has 1 heterocycles. The molecule has 1 atom stereocenters. The number of aryl methyl sites for hydroxylation is 1. The number of anilines is 1. The van der Waals surface area contributed by atoms with Crippen molar-refractivity contribution in [3.63, 3.8) is 0 Å². The van der Waals surface area contributed by atoms with Crippen LogP contribution >= 0.6 is 0 Å². The summed E-state index contributed by atoms with van der Waals surface area (Å²) in [5.74, 6) is 1.85. The fourth-order valence-corrected chi connectivity index (χ4v) is 2.78. The fraction of sp³-hybridized carbons (Fsp3) is 0.294. The summed E-state index contributed by atoms with van der Waals surface area (Å²) < 4.78 is 10.6. The summed E-state index contributed by atoms with van der Waals surface area (Å²) in [6.07, 6.45) is 0.984. The molecule has 0 saturated carbocycles. The molecule has 1 N–H and O–H groups in total. The molecule has 0 amide bonds. The number of fused-ring (bicyclic) bond motifs is 1. The van der Waals surface area contributed by atoms with Crippen molar-refractivity contribution >= 4 is 5.69 Å². The second-order valence-corrected chi connectivity index (χ2v) is 5.15. The number of benzene rings is 2. The molecule has 2 aromatic carbocycles. The highest BCUT2D eigenvalue weighted by Crippen LogP contribution is 2.37. The van der Waals surface area contributed by atoms with Gasteiger partial charge in [0.2, 0.25) is 0 Å². The van der Waals surface area contributed by atoms with E-state index >= 15 is 0 Å². The van der Waals surface area contributed by atoms with Crippen LogP contribution in [0.15, 0.2) is 36.4 Å². The molecule has 3 rings (SSSR count). The smallest absolute Gasteiger partial charge is 0.121 e. The zero-order valence-electron chi connectivity index (χ0n) is 12.1. The second-order valence-electron chi connectivity index (χ2n) is 5.15. The molecule has 2 aromatic rings. The van der Waals surface area contributed by atoms with Crippen molar-refractivity contribution in [1.29, 1.82) is 0 Å². The highest BCUT2D eigenvalue weighted by atomic mass is 16.5. The Morgan fingerprint density at radius 2 is 1.90 bits per heavy atom. The number of methoxy groups -OCH3 is 2. The molecule has 3 nitrogen and oxygen atoms in total. The van der Waals surface area contributed by atoms with Crippen LogP contribution in [0.1, 0.15) is 22.7 Å². The molecule has 0 aliphatic carbocycles. The fourth-order valence-electron chi connectivity index (χ4n) is 2.78. The van der Waals surface area contributed by atoms with Gasteiger partial charge >= 0.3 is 0 Å². The molecule has 20 heavy (non-hydrogen) atoms. The molecule has 0 fully saturated rings. The van der Waals surface area contributed by atoms with E-state index in [-0.39, 0.29) is 0 Å². The average Bonchev–Trinajstić information content (AvgIpc) is 2.89. The SMILES string of the molecule is COc1ccc2c(c1)CC(c1ccc(OC)c(C)c1)N2. The van der Waals surface area contributed by atoms with Crippen molar-refractivity contribution in [3.8, 4) is 11.5 Å². The van der Waals surface area contributed by atoms with E-state index in [1.807, 2.05) is 12.1 Å². The monoisotopic (exact) mass is 269 g/mol. The van der Waals surface area contributed by atoms with Gasteiger partial charge < -0.3 is 14.8 Å². The molecule has 0 saturated heterocycles. The van der Waals surface area contributed by atoms with Gasteiger partial charge in [-0.25, -0.2) is 0 Å². The van der Waals surface area contributed by atoms with E-state index in [1.165, 1.54) is 22.4 Å². The maximum atomic E-state index is 5.32. The Morgan fingerprint density at radius 1 is 1.05 bits per heavy atom. The molecule has 104 valence electrons. The van der Waals surface area contributed by atoms with E-state index in [0.29, 0.717) is 6.04 Å². The lowest BCUT2D eigenvalue weighted by Gasteiger charge is -2.14. The number of hydrogen-bond acceptors (Lipinski definition) is 3. The summed E-state index contributed by atoms with van der Waals surface area (Å²) in [5, 5.41) is 3.57. The third kappa shape index (κ3) is 2.20. The van der Waals surface area contributed by atoms with Gasteiger partial charge in [0.05, 0.1) is 20.3 Å². The standard InChI is InChI=1S/C17H19NO2/c1-11-8-12(4-7-17(11)20-3)16-10-13-9-14(19-2)5-6-15(13)18-16/h4-9,16,18H,10H2,1-3H3. The average molecular weight is 269 g/mol. The zero-order valence-corrected chi connectivity index (χ0v) is 12.1. The summed E-state index contributed by atoms with van der Waals surface area (Å²) in [6.45, 7) is 2.08. The van der Waals surface area contributed by atoms with E-state index in [2.05, 4.69) is 36.5 Å². The number of nitrogens with one attached hydrogen (secondary N) is 1. The minimum absolute atomic E-state index is 0.321. The molecule has 0 aromatic heterocycles. The Kier molecular flexibility index (Phi) is 3.26. The Morgan fingerprint density at radius 3 is 2.60 bits per heavy atom. The first-order valence-corrected chi connectivity index (χ1v) is 6.79. The summed E-state index contributed by atoms with van der Waals surface area (Å²) in [5.41, 5.74) is 4.96. The van der Waals surface area contributed by atoms with Crippen molar-refractivity contribution in [1.82, 2.24) is 0 Å². The van der Waals surface area contributed by atoms with Crippen molar-refractivity contribution in [2.75, 3.05) is 19.5 Å². The predicted molar refractivity (Wildman–Crippen MR) is 80.8 cm³/mol. The van der Waals surface area contributed by atoms with Crippen LogP contribution in [0.4, 0.5) is 5.69 Å². The van der Waals surface area contributed by atoms with Crippen LogP contribution in [0.2, 0.25) is 0 Å². The van der Waals surface area contributed by atoms with Crippen LogP contribution in [0, 0.1) is 6.92 Å². The first-order valence-electron chi connectivity index (χ1n) is 6.79. The molecule has 1 aliphatic heterocycles. The van der Waals surface area contributed by atoms with Gasteiger partial charge in [0, 0.05) is 5.69 Å². The van der Waals surface area contributed by atoms with E-state index in [0.717, 1.165) is 17.9 Å². The highest BCUT2D eigenvalue weighted by Gasteiger charge is 2.22. The normalized spacial score (nSPS) is 16.4.